The molecule has 0 amide bonds. The van der Waals surface area contributed by atoms with E-state index in [1.54, 1.807) is 17.0 Å². The van der Waals surface area contributed by atoms with Gasteiger partial charge in [-0.1, -0.05) is 43.5 Å². The Labute approximate surface area is 119 Å². The first kappa shape index (κ1) is 13.1. The van der Waals surface area contributed by atoms with E-state index < -0.39 is 0 Å². The van der Waals surface area contributed by atoms with E-state index in [4.69, 9.17) is 0 Å². The summed E-state index contributed by atoms with van der Waals surface area (Å²) in [7, 11) is 0. The topological polar surface area (TPSA) is 34.9 Å². The van der Waals surface area contributed by atoms with Crippen molar-refractivity contribution in [3.8, 4) is 0 Å². The highest BCUT2D eigenvalue weighted by Gasteiger charge is 2.14. The molecule has 2 aromatic rings. The summed E-state index contributed by atoms with van der Waals surface area (Å²) in [6.07, 6.45) is 11.5. The molecule has 0 aliphatic heterocycles. The van der Waals surface area contributed by atoms with E-state index in [-0.39, 0.29) is 5.56 Å². The Bertz CT molecular complexity index is 609. The van der Waals surface area contributed by atoms with Gasteiger partial charge in [0.1, 0.15) is 0 Å². The lowest BCUT2D eigenvalue weighted by atomic mass is 9.84. The van der Waals surface area contributed by atoms with E-state index in [2.05, 4.69) is 29.2 Å². The Balaban J connectivity index is 1.73. The molecule has 0 radical (unpaired) electrons. The zero-order valence-electron chi connectivity index (χ0n) is 11.7. The summed E-state index contributed by atoms with van der Waals surface area (Å²) >= 11 is 0. The summed E-state index contributed by atoms with van der Waals surface area (Å²) in [4.78, 5) is 15.5. The van der Waals surface area contributed by atoms with Gasteiger partial charge in [-0.2, -0.15) is 0 Å². The van der Waals surface area contributed by atoms with Crippen molar-refractivity contribution in [2.45, 2.75) is 44.6 Å². The molecule has 3 nitrogen and oxygen atoms in total. The van der Waals surface area contributed by atoms with Crippen LogP contribution in [0.15, 0.2) is 47.7 Å². The van der Waals surface area contributed by atoms with E-state index in [0.29, 0.717) is 6.54 Å². The Morgan fingerprint density at radius 2 is 1.85 bits per heavy atom. The second-order valence-corrected chi connectivity index (χ2v) is 5.62. The third-order valence-corrected chi connectivity index (χ3v) is 4.21. The number of aromatic nitrogens is 2. The lowest BCUT2D eigenvalue weighted by Gasteiger charge is -2.22. The van der Waals surface area contributed by atoms with E-state index >= 15 is 0 Å². The van der Waals surface area contributed by atoms with Crippen LogP contribution in [-0.4, -0.2) is 9.55 Å². The Kier molecular flexibility index (Phi) is 3.95. The van der Waals surface area contributed by atoms with Crippen molar-refractivity contribution < 1.29 is 0 Å². The first-order valence-corrected chi connectivity index (χ1v) is 7.42. The summed E-state index contributed by atoms with van der Waals surface area (Å²) in [6, 6.07) is 8.77. The van der Waals surface area contributed by atoms with Gasteiger partial charge < -0.3 is 4.57 Å². The van der Waals surface area contributed by atoms with Gasteiger partial charge in [0.2, 0.25) is 0 Å². The molecule has 1 saturated carbocycles. The van der Waals surface area contributed by atoms with Crippen LogP contribution in [0.25, 0.3) is 0 Å². The van der Waals surface area contributed by atoms with Crippen LogP contribution >= 0.6 is 0 Å². The minimum Gasteiger partial charge on any atom is -0.308 e. The number of rotatable bonds is 3. The molecule has 0 spiro atoms. The molecule has 1 aromatic carbocycles. The average molecular weight is 268 g/mol. The van der Waals surface area contributed by atoms with Crippen molar-refractivity contribution in [3.05, 3.63) is 64.3 Å². The fourth-order valence-corrected chi connectivity index (χ4v) is 3.03. The lowest BCUT2D eigenvalue weighted by Crippen LogP contribution is -2.19. The lowest BCUT2D eigenvalue weighted by molar-refractivity contribution is 0.443. The third kappa shape index (κ3) is 2.98. The molecule has 20 heavy (non-hydrogen) atoms. The van der Waals surface area contributed by atoms with Gasteiger partial charge in [0.15, 0.2) is 0 Å². The van der Waals surface area contributed by atoms with Crippen LogP contribution in [0.4, 0.5) is 0 Å². The third-order valence-electron chi connectivity index (χ3n) is 4.21. The predicted molar refractivity (Wildman–Crippen MR) is 79.9 cm³/mol. The molecule has 3 heteroatoms. The van der Waals surface area contributed by atoms with Crippen LogP contribution in [0.1, 0.15) is 49.1 Å². The van der Waals surface area contributed by atoms with Crippen molar-refractivity contribution in [3.63, 3.8) is 0 Å². The van der Waals surface area contributed by atoms with Gasteiger partial charge in [-0.3, -0.25) is 9.78 Å². The summed E-state index contributed by atoms with van der Waals surface area (Å²) in [5.41, 5.74) is 2.57. The van der Waals surface area contributed by atoms with Crippen LogP contribution in [0.2, 0.25) is 0 Å². The smallest absolute Gasteiger partial charge is 0.269 e. The van der Waals surface area contributed by atoms with Gasteiger partial charge in [-0.15, -0.1) is 0 Å². The van der Waals surface area contributed by atoms with Crippen LogP contribution in [0.3, 0.4) is 0 Å². The van der Waals surface area contributed by atoms with Crippen molar-refractivity contribution in [1.82, 2.24) is 9.55 Å². The molecule has 3 rings (SSSR count). The highest BCUT2D eigenvalue weighted by Crippen LogP contribution is 2.32. The second-order valence-electron chi connectivity index (χ2n) is 5.62. The molecule has 1 aromatic heterocycles. The molecular formula is C17H20N2O. The van der Waals surface area contributed by atoms with Gasteiger partial charge in [0.25, 0.3) is 5.56 Å². The van der Waals surface area contributed by atoms with E-state index in [1.165, 1.54) is 43.9 Å². The van der Waals surface area contributed by atoms with Gasteiger partial charge in [-0.25, -0.2) is 0 Å². The van der Waals surface area contributed by atoms with Gasteiger partial charge >= 0.3 is 0 Å². The maximum absolute atomic E-state index is 11.6. The first-order valence-electron chi connectivity index (χ1n) is 7.42. The second kappa shape index (κ2) is 6.04. The van der Waals surface area contributed by atoms with Crippen molar-refractivity contribution in [1.29, 1.82) is 0 Å². The molecule has 0 N–H and O–H groups in total. The van der Waals surface area contributed by atoms with Crippen LogP contribution in [0, 0.1) is 0 Å². The zero-order valence-corrected chi connectivity index (χ0v) is 11.7. The van der Waals surface area contributed by atoms with Crippen LogP contribution < -0.4 is 5.56 Å². The number of hydrogen-bond donors (Lipinski definition) is 0. The summed E-state index contributed by atoms with van der Waals surface area (Å²) in [6.45, 7) is 0.617. The molecule has 0 unspecified atom stereocenters. The maximum Gasteiger partial charge on any atom is 0.269 e. The van der Waals surface area contributed by atoms with E-state index in [9.17, 15) is 4.79 Å². The molecule has 1 aliphatic rings. The monoisotopic (exact) mass is 268 g/mol. The standard InChI is InChI=1S/C17H20N2O/c20-17-12-18-10-11-19(17)13-14-6-8-16(9-7-14)15-4-2-1-3-5-15/h6-12,15H,1-5,13H2. The largest absolute Gasteiger partial charge is 0.308 e. The average Bonchev–Trinajstić information content (AvgIpc) is 2.51. The van der Waals surface area contributed by atoms with Gasteiger partial charge in [0.05, 0.1) is 12.7 Å². The highest BCUT2D eigenvalue weighted by molar-refractivity contribution is 5.26. The van der Waals surface area contributed by atoms with Gasteiger partial charge in [0, 0.05) is 12.4 Å². The molecule has 1 aliphatic carbocycles. The number of nitrogens with zero attached hydrogens (tertiary/aromatic N) is 2. The fraction of sp³-hybridized carbons (Fsp3) is 0.412. The molecule has 0 atom stereocenters. The predicted octanol–water partition coefficient (Wildman–Crippen LogP) is 3.34. The SMILES string of the molecule is O=c1cnccn1Cc1ccc(C2CCCCC2)cc1. The molecule has 1 heterocycles. The Morgan fingerprint density at radius 1 is 1.10 bits per heavy atom. The summed E-state index contributed by atoms with van der Waals surface area (Å²) in [5.74, 6) is 0.737. The van der Waals surface area contributed by atoms with Crippen molar-refractivity contribution >= 4 is 0 Å². The molecule has 0 saturated heterocycles. The fourth-order valence-electron chi connectivity index (χ4n) is 3.03. The van der Waals surface area contributed by atoms with Gasteiger partial charge in [-0.05, 0) is 29.9 Å². The van der Waals surface area contributed by atoms with E-state index in [0.717, 1.165) is 11.5 Å². The minimum atomic E-state index is -0.0520. The van der Waals surface area contributed by atoms with Crippen molar-refractivity contribution in [2.75, 3.05) is 0 Å². The molecular weight excluding hydrogens is 248 g/mol. The Hall–Kier alpha value is -1.90. The minimum absolute atomic E-state index is 0.0520. The zero-order chi connectivity index (χ0) is 13.8. The van der Waals surface area contributed by atoms with Crippen LogP contribution in [0.5, 0.6) is 0 Å². The highest BCUT2D eigenvalue weighted by atomic mass is 16.1. The maximum atomic E-state index is 11.6. The first-order chi connectivity index (χ1) is 9.83. The molecule has 104 valence electrons. The number of benzene rings is 1. The normalized spacial score (nSPS) is 16.2. The Morgan fingerprint density at radius 3 is 2.55 bits per heavy atom. The quantitative estimate of drug-likeness (QED) is 0.855. The molecule has 0 bridgehead atoms. The van der Waals surface area contributed by atoms with Crippen molar-refractivity contribution in [2.24, 2.45) is 0 Å². The summed E-state index contributed by atoms with van der Waals surface area (Å²) < 4.78 is 1.68. The molecule has 1 fully saturated rings. The van der Waals surface area contributed by atoms with Crippen LogP contribution in [-0.2, 0) is 6.54 Å². The summed E-state index contributed by atoms with van der Waals surface area (Å²) in [5, 5.41) is 0. The number of hydrogen-bond acceptors (Lipinski definition) is 2. The van der Waals surface area contributed by atoms with E-state index in [1.807, 2.05) is 0 Å².